The average Bonchev–Trinajstić information content (AvgIpc) is 3.18. The molecule has 1 N–H and O–H groups in total. The highest BCUT2D eigenvalue weighted by molar-refractivity contribution is 6.24. The summed E-state index contributed by atoms with van der Waals surface area (Å²) in [6, 6.07) is 34.6. The second kappa shape index (κ2) is 9.46. The first kappa shape index (κ1) is 21.8. The number of carbonyl (C=O) groups excluding carboxylic acids is 1. The van der Waals surface area contributed by atoms with Crippen molar-refractivity contribution in [3.05, 3.63) is 120 Å². The van der Waals surface area contributed by atoms with Crippen molar-refractivity contribution in [3.63, 3.8) is 0 Å². The van der Waals surface area contributed by atoms with Crippen LogP contribution in [-0.4, -0.2) is 30.6 Å². The predicted molar refractivity (Wildman–Crippen MR) is 140 cm³/mol. The number of hydrogen-bond donors (Lipinski definition) is 1. The first-order chi connectivity index (χ1) is 16.6. The minimum atomic E-state index is -0.472. The van der Waals surface area contributed by atoms with Crippen LogP contribution in [0.2, 0.25) is 0 Å². The summed E-state index contributed by atoms with van der Waals surface area (Å²) in [6.45, 7) is 0.832. The van der Waals surface area contributed by atoms with E-state index >= 15 is 0 Å². The monoisotopic (exact) mass is 445 g/mol. The number of fused-ring (bicyclic) bond motifs is 1. The van der Waals surface area contributed by atoms with Crippen LogP contribution < -0.4 is 5.32 Å². The SMILES string of the molecule is CN(C)Cc1cccc(N=C(c2ccccc2)C2C(=O)Nc3cc(-c4ccccc4)ccc32)c1. The molecule has 0 radical (unpaired) electrons. The van der Waals surface area contributed by atoms with E-state index in [1.807, 2.05) is 60.7 Å². The molecule has 0 aromatic heterocycles. The van der Waals surface area contributed by atoms with Crippen molar-refractivity contribution in [2.45, 2.75) is 12.5 Å². The lowest BCUT2D eigenvalue weighted by atomic mass is 9.89. The molecule has 34 heavy (non-hydrogen) atoms. The van der Waals surface area contributed by atoms with Crippen LogP contribution in [0.15, 0.2) is 108 Å². The van der Waals surface area contributed by atoms with E-state index in [4.69, 9.17) is 4.99 Å². The third-order valence-electron chi connectivity index (χ3n) is 5.99. The van der Waals surface area contributed by atoms with Crippen LogP contribution in [0.25, 0.3) is 11.1 Å². The van der Waals surface area contributed by atoms with E-state index in [1.54, 1.807) is 0 Å². The van der Waals surface area contributed by atoms with Gasteiger partial charge in [-0.3, -0.25) is 9.79 Å². The third-order valence-corrected chi connectivity index (χ3v) is 5.99. The molecular weight excluding hydrogens is 418 g/mol. The maximum atomic E-state index is 13.3. The second-order valence-corrected chi connectivity index (χ2v) is 8.86. The van der Waals surface area contributed by atoms with Crippen LogP contribution in [-0.2, 0) is 11.3 Å². The van der Waals surface area contributed by atoms with E-state index in [0.717, 1.165) is 45.9 Å². The van der Waals surface area contributed by atoms with Crippen LogP contribution in [0.1, 0.15) is 22.6 Å². The molecule has 0 aliphatic carbocycles. The molecule has 0 fully saturated rings. The molecule has 0 saturated carbocycles. The number of amides is 1. The summed E-state index contributed by atoms with van der Waals surface area (Å²) in [4.78, 5) is 20.5. The number of hydrogen-bond acceptors (Lipinski definition) is 3. The molecule has 1 unspecified atom stereocenters. The van der Waals surface area contributed by atoms with Crippen molar-refractivity contribution >= 4 is 23.0 Å². The molecule has 5 rings (SSSR count). The Morgan fingerprint density at radius 3 is 2.29 bits per heavy atom. The van der Waals surface area contributed by atoms with Gasteiger partial charge >= 0.3 is 0 Å². The van der Waals surface area contributed by atoms with Crippen LogP contribution in [0.4, 0.5) is 11.4 Å². The minimum Gasteiger partial charge on any atom is -0.325 e. The fourth-order valence-electron chi connectivity index (χ4n) is 4.48. The summed E-state index contributed by atoms with van der Waals surface area (Å²) in [5, 5.41) is 3.10. The van der Waals surface area contributed by atoms with Gasteiger partial charge in [-0.05, 0) is 60.1 Å². The zero-order chi connectivity index (χ0) is 23.5. The number of rotatable bonds is 6. The van der Waals surface area contributed by atoms with Crippen molar-refractivity contribution in [1.29, 1.82) is 0 Å². The molecule has 4 aromatic rings. The first-order valence-electron chi connectivity index (χ1n) is 11.5. The Kier molecular flexibility index (Phi) is 6.07. The quantitative estimate of drug-likeness (QED) is 0.355. The lowest BCUT2D eigenvalue weighted by molar-refractivity contribution is -0.115. The van der Waals surface area contributed by atoms with E-state index in [9.17, 15) is 4.79 Å². The highest BCUT2D eigenvalue weighted by Gasteiger charge is 2.35. The lowest BCUT2D eigenvalue weighted by Crippen LogP contribution is -2.22. The fourth-order valence-corrected chi connectivity index (χ4v) is 4.48. The molecule has 4 heteroatoms. The fraction of sp³-hybridized carbons (Fsp3) is 0.133. The molecule has 4 aromatic carbocycles. The van der Waals surface area contributed by atoms with Crippen LogP contribution in [0.3, 0.4) is 0 Å². The van der Waals surface area contributed by atoms with Gasteiger partial charge in [-0.2, -0.15) is 0 Å². The van der Waals surface area contributed by atoms with E-state index in [1.165, 1.54) is 5.56 Å². The molecule has 1 aliphatic heterocycles. The van der Waals surface area contributed by atoms with Gasteiger partial charge in [0.05, 0.1) is 11.4 Å². The van der Waals surface area contributed by atoms with Gasteiger partial charge in [0.1, 0.15) is 5.92 Å². The van der Waals surface area contributed by atoms with Gasteiger partial charge in [0.15, 0.2) is 0 Å². The van der Waals surface area contributed by atoms with Crippen LogP contribution >= 0.6 is 0 Å². The van der Waals surface area contributed by atoms with Crippen molar-refractivity contribution in [2.75, 3.05) is 19.4 Å². The maximum absolute atomic E-state index is 13.3. The number of nitrogens with one attached hydrogen (secondary N) is 1. The first-order valence-corrected chi connectivity index (χ1v) is 11.5. The van der Waals surface area contributed by atoms with Crippen LogP contribution in [0, 0.1) is 0 Å². The number of benzene rings is 4. The van der Waals surface area contributed by atoms with E-state index < -0.39 is 5.92 Å². The number of anilines is 1. The third kappa shape index (κ3) is 4.54. The number of nitrogens with zero attached hydrogens (tertiary/aromatic N) is 2. The second-order valence-electron chi connectivity index (χ2n) is 8.86. The van der Waals surface area contributed by atoms with E-state index in [0.29, 0.717) is 0 Å². The van der Waals surface area contributed by atoms with Gasteiger partial charge in [0, 0.05) is 12.2 Å². The predicted octanol–water partition coefficient (Wildman–Crippen LogP) is 6.27. The minimum absolute atomic E-state index is 0.0488. The molecule has 1 atom stereocenters. The maximum Gasteiger partial charge on any atom is 0.238 e. The van der Waals surface area contributed by atoms with Gasteiger partial charge in [-0.15, -0.1) is 0 Å². The van der Waals surface area contributed by atoms with Gasteiger partial charge in [0.25, 0.3) is 0 Å². The summed E-state index contributed by atoms with van der Waals surface area (Å²) in [7, 11) is 4.10. The lowest BCUT2D eigenvalue weighted by Gasteiger charge is -2.15. The van der Waals surface area contributed by atoms with E-state index in [-0.39, 0.29) is 5.91 Å². The highest BCUT2D eigenvalue weighted by Crippen LogP contribution is 2.38. The largest absolute Gasteiger partial charge is 0.325 e. The average molecular weight is 446 g/mol. The molecule has 1 amide bonds. The molecule has 0 spiro atoms. The van der Waals surface area contributed by atoms with Gasteiger partial charge < -0.3 is 10.2 Å². The smallest absolute Gasteiger partial charge is 0.238 e. The topological polar surface area (TPSA) is 44.7 Å². The summed E-state index contributed by atoms with van der Waals surface area (Å²) < 4.78 is 0. The summed E-state index contributed by atoms with van der Waals surface area (Å²) >= 11 is 0. The van der Waals surface area contributed by atoms with E-state index in [2.05, 4.69) is 66.8 Å². The zero-order valence-corrected chi connectivity index (χ0v) is 19.4. The Morgan fingerprint density at radius 2 is 1.56 bits per heavy atom. The Labute approximate surface area is 200 Å². The normalized spacial score (nSPS) is 15.3. The Balaban J connectivity index is 1.59. The standard InChI is InChI=1S/C30H27N3O/c1-33(2)20-21-10-9-15-25(18-21)31-29(23-13-7-4-8-14-23)28-26-17-16-24(19-27(26)32-30(28)34)22-11-5-3-6-12-22/h3-19,28H,20H2,1-2H3,(H,32,34). The molecule has 0 bridgehead atoms. The van der Waals surface area contributed by atoms with Crippen molar-refractivity contribution in [1.82, 2.24) is 4.90 Å². The molecular formula is C30H27N3O. The molecule has 168 valence electrons. The number of aliphatic imine (C=N–C) groups is 1. The van der Waals surface area contributed by atoms with Gasteiger partial charge in [0.2, 0.25) is 5.91 Å². The highest BCUT2D eigenvalue weighted by atomic mass is 16.2. The van der Waals surface area contributed by atoms with Crippen molar-refractivity contribution in [3.8, 4) is 11.1 Å². The Morgan fingerprint density at radius 1 is 0.824 bits per heavy atom. The molecule has 1 heterocycles. The summed E-state index contributed by atoms with van der Waals surface area (Å²) in [6.07, 6.45) is 0. The van der Waals surface area contributed by atoms with Gasteiger partial charge in [-0.25, -0.2) is 0 Å². The molecule has 1 aliphatic rings. The van der Waals surface area contributed by atoms with Crippen molar-refractivity contribution in [2.24, 2.45) is 4.99 Å². The van der Waals surface area contributed by atoms with Crippen molar-refractivity contribution < 1.29 is 4.79 Å². The van der Waals surface area contributed by atoms with Gasteiger partial charge in [-0.1, -0.05) is 84.9 Å². The Hall–Kier alpha value is -4.02. The van der Waals surface area contributed by atoms with Crippen LogP contribution in [0.5, 0.6) is 0 Å². The number of carbonyl (C=O) groups is 1. The Bertz CT molecular complexity index is 1340. The molecule has 0 saturated heterocycles. The summed E-state index contributed by atoms with van der Waals surface area (Å²) in [5.74, 6) is -0.521. The zero-order valence-electron chi connectivity index (χ0n) is 19.4. The summed E-state index contributed by atoms with van der Waals surface area (Å²) in [5.41, 5.74) is 7.74. The molecule has 4 nitrogen and oxygen atoms in total.